The molecule has 21 heavy (non-hydrogen) atoms. The first kappa shape index (κ1) is 15.0. The van der Waals surface area contributed by atoms with Crippen molar-refractivity contribution in [3.05, 3.63) is 65.0 Å². The highest BCUT2D eigenvalue weighted by molar-refractivity contribution is 5.35. The molecule has 0 spiro atoms. The fourth-order valence-corrected chi connectivity index (χ4v) is 2.09. The maximum absolute atomic E-state index is 14.0. The minimum atomic E-state index is -0.453. The van der Waals surface area contributed by atoms with E-state index in [0.29, 0.717) is 12.1 Å². The molecule has 0 unspecified atom stereocenters. The summed E-state index contributed by atoms with van der Waals surface area (Å²) in [5, 5.41) is 12.1. The first-order chi connectivity index (χ1) is 10.2. The van der Waals surface area contributed by atoms with E-state index >= 15 is 0 Å². The zero-order valence-corrected chi connectivity index (χ0v) is 12.1. The minimum Gasteiger partial charge on any atom is -0.497 e. The summed E-state index contributed by atoms with van der Waals surface area (Å²) >= 11 is 0. The molecule has 0 aliphatic rings. The van der Waals surface area contributed by atoms with E-state index in [0.717, 1.165) is 11.3 Å². The highest BCUT2D eigenvalue weighted by Gasteiger charge is 2.10. The van der Waals surface area contributed by atoms with E-state index in [1.165, 1.54) is 6.07 Å². The van der Waals surface area contributed by atoms with Crippen LogP contribution in [0.1, 0.15) is 29.7 Å². The fraction of sp³-hybridized carbons (Fsp3) is 0.235. The van der Waals surface area contributed by atoms with Crippen LogP contribution in [0, 0.1) is 17.1 Å². The van der Waals surface area contributed by atoms with E-state index in [1.807, 2.05) is 37.3 Å². The summed E-state index contributed by atoms with van der Waals surface area (Å²) in [5.74, 6) is 0.337. The number of benzene rings is 2. The Kier molecular flexibility index (Phi) is 4.91. The van der Waals surface area contributed by atoms with Crippen LogP contribution in [0.15, 0.2) is 42.5 Å². The molecule has 0 bridgehead atoms. The lowest BCUT2D eigenvalue weighted by Crippen LogP contribution is -2.19. The molecule has 2 aromatic carbocycles. The van der Waals surface area contributed by atoms with Gasteiger partial charge in [0.2, 0.25) is 0 Å². The van der Waals surface area contributed by atoms with Crippen LogP contribution >= 0.6 is 0 Å². The minimum absolute atomic E-state index is 0.0465. The number of hydrogen-bond acceptors (Lipinski definition) is 3. The molecule has 3 nitrogen and oxygen atoms in total. The van der Waals surface area contributed by atoms with Gasteiger partial charge in [0.15, 0.2) is 0 Å². The molecule has 0 aromatic heterocycles. The van der Waals surface area contributed by atoms with E-state index in [2.05, 4.69) is 5.32 Å². The van der Waals surface area contributed by atoms with Gasteiger partial charge in [-0.15, -0.1) is 0 Å². The quantitative estimate of drug-likeness (QED) is 0.913. The van der Waals surface area contributed by atoms with E-state index in [1.54, 1.807) is 19.2 Å². The third kappa shape index (κ3) is 3.59. The van der Waals surface area contributed by atoms with Gasteiger partial charge in [-0.05, 0) is 30.7 Å². The maximum Gasteiger partial charge on any atom is 0.145 e. The molecule has 0 heterocycles. The molecular weight excluding hydrogens is 267 g/mol. The van der Waals surface area contributed by atoms with Crippen LogP contribution in [0.3, 0.4) is 0 Å². The van der Waals surface area contributed by atoms with Crippen molar-refractivity contribution < 1.29 is 9.13 Å². The van der Waals surface area contributed by atoms with Gasteiger partial charge in [-0.3, -0.25) is 0 Å². The molecule has 0 amide bonds. The fourth-order valence-electron chi connectivity index (χ4n) is 2.09. The Morgan fingerprint density at radius 1 is 1.29 bits per heavy atom. The van der Waals surface area contributed by atoms with Crippen LogP contribution < -0.4 is 10.1 Å². The zero-order chi connectivity index (χ0) is 15.2. The lowest BCUT2D eigenvalue weighted by Gasteiger charge is -2.15. The average molecular weight is 284 g/mol. The van der Waals surface area contributed by atoms with Gasteiger partial charge in [-0.1, -0.05) is 24.3 Å². The van der Waals surface area contributed by atoms with Gasteiger partial charge in [0, 0.05) is 18.2 Å². The summed E-state index contributed by atoms with van der Waals surface area (Å²) < 4.78 is 19.2. The largest absolute Gasteiger partial charge is 0.497 e. The molecule has 0 radical (unpaired) electrons. The number of methoxy groups -OCH3 is 1. The van der Waals surface area contributed by atoms with Crippen LogP contribution in [-0.2, 0) is 6.54 Å². The summed E-state index contributed by atoms with van der Waals surface area (Å²) in [4.78, 5) is 0. The first-order valence-electron chi connectivity index (χ1n) is 6.70. The second-order valence-corrected chi connectivity index (χ2v) is 4.77. The summed E-state index contributed by atoms with van der Waals surface area (Å²) in [6, 6.07) is 14.5. The smallest absolute Gasteiger partial charge is 0.145 e. The summed E-state index contributed by atoms with van der Waals surface area (Å²) in [7, 11) is 1.62. The standard InChI is InChI=1S/C17H17FN2O/c1-12(13-5-4-8-16(9-13)21-2)20-11-15-7-3-6-14(10-19)17(15)18/h3-9,12,20H,11H2,1-2H3/t12-/m1/s1. The molecule has 4 heteroatoms. The van der Waals surface area contributed by atoms with Crippen molar-refractivity contribution in [3.63, 3.8) is 0 Å². The lowest BCUT2D eigenvalue weighted by molar-refractivity contribution is 0.413. The maximum atomic E-state index is 14.0. The number of hydrogen-bond donors (Lipinski definition) is 1. The molecule has 0 fully saturated rings. The number of ether oxygens (including phenoxy) is 1. The number of halogens is 1. The van der Waals surface area contributed by atoms with Crippen LogP contribution in [0.2, 0.25) is 0 Å². The Morgan fingerprint density at radius 3 is 2.76 bits per heavy atom. The van der Waals surface area contributed by atoms with Crippen molar-refractivity contribution in [2.45, 2.75) is 19.5 Å². The van der Waals surface area contributed by atoms with Crippen molar-refractivity contribution in [2.75, 3.05) is 7.11 Å². The number of nitriles is 1. The Morgan fingerprint density at radius 2 is 2.05 bits per heavy atom. The lowest BCUT2D eigenvalue weighted by atomic mass is 10.1. The Hall–Kier alpha value is -2.38. The SMILES string of the molecule is COc1cccc([C@@H](C)NCc2cccc(C#N)c2F)c1. The second-order valence-electron chi connectivity index (χ2n) is 4.77. The molecule has 1 atom stereocenters. The molecule has 0 saturated heterocycles. The topological polar surface area (TPSA) is 45.0 Å². The van der Waals surface area contributed by atoms with Crippen LogP contribution in [0.5, 0.6) is 5.75 Å². The van der Waals surface area contributed by atoms with E-state index in [9.17, 15) is 4.39 Å². The third-order valence-corrected chi connectivity index (χ3v) is 3.39. The average Bonchev–Trinajstić information content (AvgIpc) is 2.53. The summed E-state index contributed by atoms with van der Waals surface area (Å²) in [6.07, 6.45) is 0. The molecule has 0 aliphatic heterocycles. The predicted octanol–water partition coefficient (Wildman–Crippen LogP) is 3.56. The normalized spacial score (nSPS) is 11.7. The molecule has 108 valence electrons. The van der Waals surface area contributed by atoms with Gasteiger partial charge in [-0.25, -0.2) is 4.39 Å². The number of nitrogens with one attached hydrogen (secondary N) is 1. The van der Waals surface area contributed by atoms with Crippen LogP contribution in [0.25, 0.3) is 0 Å². The zero-order valence-electron chi connectivity index (χ0n) is 12.1. The molecule has 0 saturated carbocycles. The number of nitrogens with zero attached hydrogens (tertiary/aromatic N) is 1. The predicted molar refractivity (Wildman–Crippen MR) is 79.4 cm³/mol. The van der Waals surface area contributed by atoms with Crippen molar-refractivity contribution in [1.82, 2.24) is 5.32 Å². The van der Waals surface area contributed by atoms with Crippen molar-refractivity contribution in [3.8, 4) is 11.8 Å². The molecule has 1 N–H and O–H groups in total. The van der Waals surface area contributed by atoms with Gasteiger partial charge < -0.3 is 10.1 Å². The van der Waals surface area contributed by atoms with E-state index in [4.69, 9.17) is 10.00 Å². The molecule has 0 aliphatic carbocycles. The van der Waals surface area contributed by atoms with E-state index in [-0.39, 0.29) is 11.6 Å². The molecular formula is C17H17FN2O. The number of rotatable bonds is 5. The van der Waals surface area contributed by atoms with E-state index < -0.39 is 5.82 Å². The van der Waals surface area contributed by atoms with Gasteiger partial charge in [-0.2, -0.15) is 5.26 Å². The Balaban J connectivity index is 2.07. The van der Waals surface area contributed by atoms with Gasteiger partial charge in [0.05, 0.1) is 12.7 Å². The van der Waals surface area contributed by atoms with Gasteiger partial charge in [0.1, 0.15) is 17.6 Å². The highest BCUT2D eigenvalue weighted by atomic mass is 19.1. The Bertz CT molecular complexity index is 664. The van der Waals surface area contributed by atoms with Crippen molar-refractivity contribution in [2.24, 2.45) is 0 Å². The van der Waals surface area contributed by atoms with Crippen molar-refractivity contribution in [1.29, 1.82) is 5.26 Å². The second kappa shape index (κ2) is 6.87. The van der Waals surface area contributed by atoms with Gasteiger partial charge >= 0.3 is 0 Å². The molecule has 2 rings (SSSR count). The van der Waals surface area contributed by atoms with Crippen molar-refractivity contribution >= 4 is 0 Å². The molecule has 2 aromatic rings. The summed E-state index contributed by atoms with van der Waals surface area (Å²) in [5.41, 5.74) is 1.62. The highest BCUT2D eigenvalue weighted by Crippen LogP contribution is 2.20. The van der Waals surface area contributed by atoms with Crippen LogP contribution in [0.4, 0.5) is 4.39 Å². The monoisotopic (exact) mass is 284 g/mol. The first-order valence-corrected chi connectivity index (χ1v) is 6.70. The summed E-state index contributed by atoms with van der Waals surface area (Å²) in [6.45, 7) is 2.36. The third-order valence-electron chi connectivity index (χ3n) is 3.39. The Labute approximate surface area is 124 Å². The van der Waals surface area contributed by atoms with Gasteiger partial charge in [0.25, 0.3) is 0 Å². The van der Waals surface area contributed by atoms with Crippen LogP contribution in [-0.4, -0.2) is 7.11 Å².